The van der Waals surface area contributed by atoms with Crippen molar-refractivity contribution in [3.05, 3.63) is 90.2 Å². The van der Waals surface area contributed by atoms with E-state index in [0.717, 1.165) is 65.6 Å². The van der Waals surface area contributed by atoms with Gasteiger partial charge in [-0.15, -0.1) is 26.3 Å². The highest BCUT2D eigenvalue weighted by Crippen LogP contribution is 2.47. The quantitative estimate of drug-likeness (QED) is 0.289. The van der Waals surface area contributed by atoms with Gasteiger partial charge in [0.05, 0.1) is 0 Å². The molecule has 7 heteroatoms. The molecule has 0 aromatic heterocycles. The molecule has 1 saturated carbocycles. The molecule has 4 aliphatic heterocycles. The Hall–Kier alpha value is -3.42. The first-order valence-corrected chi connectivity index (χ1v) is 20.2. The minimum absolute atomic E-state index is 0.246. The van der Waals surface area contributed by atoms with Gasteiger partial charge >= 0.3 is 0 Å². The molecule has 5 nitrogen and oxygen atoms in total. The van der Waals surface area contributed by atoms with Gasteiger partial charge in [-0.25, -0.2) is 8.78 Å². The Bertz CT molecular complexity index is 1620. The summed E-state index contributed by atoms with van der Waals surface area (Å²) in [5.41, 5.74) is 4.91. The van der Waals surface area contributed by atoms with E-state index in [1.807, 2.05) is 53.8 Å². The van der Waals surface area contributed by atoms with Crippen LogP contribution >= 0.6 is 0 Å². The number of benzene rings is 2. The topological polar surface area (TPSA) is 43.2 Å². The van der Waals surface area contributed by atoms with E-state index in [2.05, 4.69) is 55.3 Å². The largest absolute Gasteiger partial charge is 0.374 e. The zero-order valence-corrected chi connectivity index (χ0v) is 34.4. The van der Waals surface area contributed by atoms with Crippen LogP contribution in [-0.4, -0.2) is 74.1 Å². The first-order chi connectivity index (χ1) is 25.7. The molecule has 292 valence electrons. The fourth-order valence-corrected chi connectivity index (χ4v) is 9.27. The van der Waals surface area contributed by atoms with Crippen LogP contribution < -0.4 is 5.32 Å². The van der Waals surface area contributed by atoms with Crippen molar-refractivity contribution in [2.24, 2.45) is 27.2 Å². The highest BCUT2D eigenvalue weighted by atomic mass is 19.1. The summed E-state index contributed by atoms with van der Waals surface area (Å²) in [6.45, 7) is 32.7. The van der Waals surface area contributed by atoms with Crippen molar-refractivity contribution in [1.29, 1.82) is 0 Å². The second-order valence-corrected chi connectivity index (χ2v) is 15.1. The average molecular weight is 730 g/mol. The lowest BCUT2D eigenvalue weighted by atomic mass is 9.81. The maximum absolute atomic E-state index is 16.5. The van der Waals surface area contributed by atoms with Crippen molar-refractivity contribution in [3.8, 4) is 0 Å². The second kappa shape index (κ2) is 20.9. The van der Waals surface area contributed by atoms with Crippen LogP contribution in [0, 0.1) is 30.0 Å². The number of aliphatic imine (C=N–C) groups is 2. The molecule has 0 spiro atoms. The van der Waals surface area contributed by atoms with Crippen molar-refractivity contribution < 1.29 is 8.78 Å². The van der Waals surface area contributed by atoms with Crippen molar-refractivity contribution in [3.63, 3.8) is 0 Å². The van der Waals surface area contributed by atoms with E-state index in [4.69, 9.17) is 9.98 Å². The summed E-state index contributed by atoms with van der Waals surface area (Å²) in [5, 5.41) is 5.04. The van der Waals surface area contributed by atoms with Gasteiger partial charge in [0.15, 0.2) is 5.83 Å². The number of likely N-dealkylation sites (tertiary alicyclic amines) is 1. The SMILES string of the molecule is C=C.C=C.CC.CC1CC2CCCN2C1.CCCN=C1C(F)=C(c2cc(C)cc3ccc(F)c(CC)c23)N=C/C1=C(/C)N1CC2CCC(CNC)(C2)C1. The molecule has 7 rings (SSSR count). The number of halogens is 2. The molecule has 53 heavy (non-hydrogen) atoms. The van der Waals surface area contributed by atoms with E-state index in [0.29, 0.717) is 35.7 Å². The van der Waals surface area contributed by atoms with Crippen LogP contribution in [0.3, 0.4) is 0 Å². The molecule has 5 aliphatic rings. The Morgan fingerprint density at radius 1 is 1.08 bits per heavy atom. The number of hydrogen-bond donors (Lipinski definition) is 1. The van der Waals surface area contributed by atoms with Crippen LogP contribution in [0.2, 0.25) is 0 Å². The number of allylic oxidation sites excluding steroid dienone is 3. The third-order valence-electron chi connectivity index (χ3n) is 11.4. The molecule has 2 bridgehead atoms. The van der Waals surface area contributed by atoms with Crippen LogP contribution in [0.25, 0.3) is 16.5 Å². The van der Waals surface area contributed by atoms with Gasteiger partial charge in [0, 0.05) is 67.2 Å². The van der Waals surface area contributed by atoms with E-state index in [1.54, 1.807) is 12.3 Å². The number of hydrogen-bond acceptors (Lipinski definition) is 5. The van der Waals surface area contributed by atoms with E-state index >= 15 is 4.39 Å². The first-order valence-electron chi connectivity index (χ1n) is 20.2. The molecular formula is C46H69F2N5. The minimum Gasteiger partial charge on any atom is -0.374 e. The van der Waals surface area contributed by atoms with Crippen molar-refractivity contribution in [1.82, 2.24) is 15.1 Å². The number of rotatable bonds is 7. The van der Waals surface area contributed by atoms with E-state index < -0.39 is 5.83 Å². The molecule has 4 fully saturated rings. The summed E-state index contributed by atoms with van der Waals surface area (Å²) < 4.78 is 31.4. The lowest BCUT2D eigenvalue weighted by molar-refractivity contribution is 0.125. The van der Waals surface area contributed by atoms with E-state index in [1.165, 1.54) is 57.7 Å². The molecule has 1 N–H and O–H groups in total. The van der Waals surface area contributed by atoms with Crippen LogP contribution in [0.15, 0.2) is 77.7 Å². The molecule has 4 unspecified atom stereocenters. The molecule has 2 aromatic rings. The number of aryl methyl sites for hydroxylation is 2. The number of piperidine rings is 1. The fraction of sp³-hybridized carbons (Fsp3) is 0.565. The van der Waals surface area contributed by atoms with Gasteiger partial charge in [0.25, 0.3) is 0 Å². The standard InChI is InChI=1S/C32H40F2N4.C8H15N.C2H6.2C2H4/c1-6-12-36-31-26(21(4)38-17-22-10-11-32(15-22,19-38)18-35-5)16-37-30(29(31)34)25-14-20(3)13-23-8-9-27(33)24(7-2)28(23)25;1-7-5-8-3-2-4-9(8)6-7;3*1-2/h8-9,13-14,16,22,35H,6-7,10-12,15,17-19H2,1-5H3;7-8H,2-6H2,1H3;1-2H3;2*1-2H2/b26-21+,36-31?;;;;. The lowest BCUT2D eigenvalue weighted by Gasteiger charge is -2.42. The van der Waals surface area contributed by atoms with Gasteiger partial charge < -0.3 is 15.1 Å². The van der Waals surface area contributed by atoms with Crippen LogP contribution in [0.4, 0.5) is 8.78 Å². The maximum atomic E-state index is 16.5. The van der Waals surface area contributed by atoms with Crippen LogP contribution in [-0.2, 0) is 6.42 Å². The normalized spacial score (nSPS) is 26.1. The van der Waals surface area contributed by atoms with Gasteiger partial charge in [0.2, 0.25) is 0 Å². The van der Waals surface area contributed by atoms with Crippen molar-refractivity contribution in [2.45, 2.75) is 106 Å². The Morgan fingerprint density at radius 3 is 2.47 bits per heavy atom. The van der Waals surface area contributed by atoms with Crippen LogP contribution in [0.1, 0.15) is 103 Å². The number of fused-ring (bicyclic) bond motifs is 4. The number of nitrogens with zero attached hydrogens (tertiary/aromatic N) is 4. The molecule has 4 heterocycles. The van der Waals surface area contributed by atoms with E-state index in [-0.39, 0.29) is 16.9 Å². The Morgan fingerprint density at radius 2 is 1.81 bits per heavy atom. The molecule has 1 aliphatic carbocycles. The summed E-state index contributed by atoms with van der Waals surface area (Å²) >= 11 is 0. The molecular weight excluding hydrogens is 661 g/mol. The monoisotopic (exact) mass is 730 g/mol. The van der Waals surface area contributed by atoms with Crippen LogP contribution in [0.5, 0.6) is 0 Å². The Balaban J connectivity index is 0.000000424. The predicted molar refractivity (Wildman–Crippen MR) is 227 cm³/mol. The van der Waals surface area contributed by atoms with Crippen molar-refractivity contribution in [2.75, 3.05) is 46.3 Å². The summed E-state index contributed by atoms with van der Waals surface area (Å²) in [5.74, 6) is 0.965. The highest BCUT2D eigenvalue weighted by Gasteiger charge is 2.45. The van der Waals surface area contributed by atoms with Gasteiger partial charge in [-0.3, -0.25) is 9.98 Å². The minimum atomic E-state index is -0.418. The molecule has 2 aromatic carbocycles. The fourth-order valence-electron chi connectivity index (χ4n) is 9.27. The molecule has 4 atom stereocenters. The average Bonchev–Trinajstić information content (AvgIpc) is 3.85. The van der Waals surface area contributed by atoms with E-state index in [9.17, 15) is 4.39 Å². The van der Waals surface area contributed by atoms with Gasteiger partial charge in [-0.2, -0.15) is 0 Å². The molecule has 0 amide bonds. The Labute approximate surface area is 321 Å². The first kappa shape index (κ1) is 44.0. The second-order valence-electron chi connectivity index (χ2n) is 15.1. The smallest absolute Gasteiger partial charge is 0.175 e. The summed E-state index contributed by atoms with van der Waals surface area (Å²) in [6, 6.07) is 8.22. The third-order valence-corrected chi connectivity index (χ3v) is 11.4. The maximum Gasteiger partial charge on any atom is 0.175 e. The van der Waals surface area contributed by atoms with Gasteiger partial charge in [-0.1, -0.05) is 46.8 Å². The van der Waals surface area contributed by atoms with Gasteiger partial charge in [-0.05, 0) is 125 Å². The van der Waals surface area contributed by atoms with Gasteiger partial charge in [0.1, 0.15) is 17.2 Å². The third kappa shape index (κ3) is 10.0. The highest BCUT2D eigenvalue weighted by molar-refractivity contribution is 6.29. The predicted octanol–water partition coefficient (Wildman–Crippen LogP) is 11.1. The summed E-state index contributed by atoms with van der Waals surface area (Å²) in [6.07, 6.45) is 11.3. The van der Waals surface area contributed by atoms with Crippen molar-refractivity contribution >= 4 is 28.4 Å². The summed E-state index contributed by atoms with van der Waals surface area (Å²) in [7, 11) is 2.03. The lowest BCUT2D eigenvalue weighted by Crippen LogP contribution is -2.46. The zero-order chi connectivity index (χ0) is 39.3. The zero-order valence-electron chi connectivity index (χ0n) is 34.4. The number of nitrogens with one attached hydrogen (secondary N) is 1. The summed E-state index contributed by atoms with van der Waals surface area (Å²) in [4.78, 5) is 14.6. The molecule has 3 saturated heterocycles. The molecule has 0 radical (unpaired) electrons. The Kier molecular flexibility index (Phi) is 17.3.